The maximum atomic E-state index is 11.4. The highest BCUT2D eigenvalue weighted by Crippen LogP contribution is 2.25. The third-order valence-corrected chi connectivity index (χ3v) is 2.58. The molecule has 2 unspecified atom stereocenters. The molecule has 0 aliphatic heterocycles. The van der Waals surface area contributed by atoms with Crippen LogP contribution in [0, 0.1) is 0 Å². The molecule has 0 aliphatic rings. The molecular weight excluding hydrogens is 300 g/mol. The molecule has 21 heavy (non-hydrogen) atoms. The third-order valence-electron chi connectivity index (χ3n) is 2.37. The standard InChI is InChI=1S/C13H19ClN2O5/c1-13(2,3)21-12(20)15-6-8(18)11(19)10-7(17)4-5-9(14)16-10/h4-5,8,11,17-19H,6H2,1-3H3,(H,15,20). The van der Waals surface area contributed by atoms with Gasteiger partial charge in [0.1, 0.15) is 34.4 Å². The summed E-state index contributed by atoms with van der Waals surface area (Å²) in [4.78, 5) is 15.2. The molecule has 0 aromatic carbocycles. The topological polar surface area (TPSA) is 112 Å². The van der Waals surface area contributed by atoms with E-state index in [1.807, 2.05) is 0 Å². The molecular formula is C13H19ClN2O5. The zero-order chi connectivity index (χ0) is 16.2. The smallest absolute Gasteiger partial charge is 0.407 e. The molecule has 0 saturated carbocycles. The number of aromatic nitrogens is 1. The van der Waals surface area contributed by atoms with E-state index < -0.39 is 23.9 Å². The van der Waals surface area contributed by atoms with Gasteiger partial charge in [0.25, 0.3) is 0 Å². The number of carbonyl (C=O) groups excluding carboxylic acids is 1. The lowest BCUT2D eigenvalue weighted by atomic mass is 10.1. The Labute approximate surface area is 127 Å². The number of amides is 1. The van der Waals surface area contributed by atoms with Gasteiger partial charge in [-0.1, -0.05) is 11.6 Å². The van der Waals surface area contributed by atoms with E-state index in [0.717, 1.165) is 0 Å². The molecule has 0 aliphatic carbocycles. The Morgan fingerprint density at radius 1 is 1.43 bits per heavy atom. The number of alkyl carbamates (subject to hydrolysis) is 1. The number of ether oxygens (including phenoxy) is 1. The Morgan fingerprint density at radius 3 is 2.62 bits per heavy atom. The molecule has 4 N–H and O–H groups in total. The highest BCUT2D eigenvalue weighted by Gasteiger charge is 2.24. The summed E-state index contributed by atoms with van der Waals surface area (Å²) in [7, 11) is 0. The second-order valence-corrected chi connectivity index (χ2v) is 5.82. The Kier molecular flexibility index (Phi) is 5.77. The van der Waals surface area contributed by atoms with Crippen LogP contribution in [-0.2, 0) is 4.74 Å². The van der Waals surface area contributed by atoms with Gasteiger partial charge in [-0.25, -0.2) is 9.78 Å². The normalized spacial score (nSPS) is 14.4. The van der Waals surface area contributed by atoms with E-state index in [1.165, 1.54) is 12.1 Å². The second kappa shape index (κ2) is 6.93. The second-order valence-electron chi connectivity index (χ2n) is 5.43. The number of aliphatic hydroxyl groups excluding tert-OH is 2. The summed E-state index contributed by atoms with van der Waals surface area (Å²) < 4.78 is 4.99. The number of aliphatic hydroxyl groups is 2. The zero-order valence-electron chi connectivity index (χ0n) is 12.0. The number of aromatic hydroxyl groups is 1. The van der Waals surface area contributed by atoms with Crippen molar-refractivity contribution < 1.29 is 24.9 Å². The maximum Gasteiger partial charge on any atom is 0.407 e. The molecule has 7 nitrogen and oxygen atoms in total. The maximum absolute atomic E-state index is 11.4. The lowest BCUT2D eigenvalue weighted by molar-refractivity contribution is 0.00975. The van der Waals surface area contributed by atoms with Crippen LogP contribution in [0.25, 0.3) is 0 Å². The van der Waals surface area contributed by atoms with Gasteiger partial charge in [0.15, 0.2) is 0 Å². The van der Waals surface area contributed by atoms with Crippen molar-refractivity contribution in [3.8, 4) is 5.75 Å². The van der Waals surface area contributed by atoms with Gasteiger partial charge in [-0.3, -0.25) is 0 Å². The van der Waals surface area contributed by atoms with Crippen LogP contribution in [0.5, 0.6) is 5.75 Å². The fraction of sp³-hybridized carbons (Fsp3) is 0.538. The van der Waals surface area contributed by atoms with Crippen molar-refractivity contribution in [1.29, 1.82) is 0 Å². The summed E-state index contributed by atoms with van der Waals surface area (Å²) in [6.45, 7) is 4.83. The van der Waals surface area contributed by atoms with Gasteiger partial charge >= 0.3 is 6.09 Å². The van der Waals surface area contributed by atoms with E-state index in [4.69, 9.17) is 16.3 Å². The quantitative estimate of drug-likeness (QED) is 0.624. The predicted octanol–water partition coefficient (Wildman–Crippen LogP) is 1.36. The summed E-state index contributed by atoms with van der Waals surface area (Å²) in [6, 6.07) is 2.60. The van der Waals surface area contributed by atoms with Gasteiger partial charge in [-0.2, -0.15) is 0 Å². The number of nitrogens with zero attached hydrogens (tertiary/aromatic N) is 1. The number of carbonyl (C=O) groups is 1. The van der Waals surface area contributed by atoms with Crippen molar-refractivity contribution in [3.63, 3.8) is 0 Å². The number of hydrogen-bond acceptors (Lipinski definition) is 6. The van der Waals surface area contributed by atoms with Gasteiger partial charge in [0.05, 0.1) is 0 Å². The van der Waals surface area contributed by atoms with E-state index in [9.17, 15) is 20.1 Å². The summed E-state index contributed by atoms with van der Waals surface area (Å²) in [6.07, 6.45) is -3.61. The van der Waals surface area contributed by atoms with Gasteiger partial charge in [-0.05, 0) is 32.9 Å². The highest BCUT2D eigenvalue weighted by molar-refractivity contribution is 6.29. The average Bonchev–Trinajstić information content (AvgIpc) is 2.36. The first kappa shape index (κ1) is 17.5. The van der Waals surface area contributed by atoms with Gasteiger partial charge in [-0.15, -0.1) is 0 Å². The van der Waals surface area contributed by atoms with E-state index in [1.54, 1.807) is 20.8 Å². The number of pyridine rings is 1. The SMILES string of the molecule is CC(C)(C)OC(=O)NCC(O)C(O)c1nc(Cl)ccc1O. The number of nitrogens with one attached hydrogen (secondary N) is 1. The molecule has 0 spiro atoms. The molecule has 1 amide bonds. The molecule has 0 bridgehead atoms. The molecule has 0 fully saturated rings. The molecule has 0 radical (unpaired) electrons. The van der Waals surface area contributed by atoms with Crippen LogP contribution >= 0.6 is 11.6 Å². The van der Waals surface area contributed by atoms with E-state index in [0.29, 0.717) is 0 Å². The molecule has 8 heteroatoms. The summed E-state index contributed by atoms with van der Waals surface area (Å²) in [5.74, 6) is -0.303. The minimum absolute atomic E-state index is 0.0640. The van der Waals surface area contributed by atoms with Crippen LogP contribution in [-0.4, -0.2) is 44.6 Å². The minimum Gasteiger partial charge on any atom is -0.506 e. The van der Waals surface area contributed by atoms with E-state index in [2.05, 4.69) is 10.3 Å². The Balaban J connectivity index is 2.61. The third kappa shape index (κ3) is 5.74. The van der Waals surface area contributed by atoms with Crippen molar-refractivity contribution in [2.75, 3.05) is 6.54 Å². The van der Waals surface area contributed by atoms with Crippen LogP contribution in [0.2, 0.25) is 5.15 Å². The van der Waals surface area contributed by atoms with Crippen LogP contribution in [0.4, 0.5) is 4.79 Å². The molecule has 1 heterocycles. The monoisotopic (exact) mass is 318 g/mol. The Morgan fingerprint density at radius 2 is 2.05 bits per heavy atom. The van der Waals surface area contributed by atoms with Gasteiger partial charge in [0, 0.05) is 6.54 Å². The Hall–Kier alpha value is -1.57. The molecule has 118 valence electrons. The largest absolute Gasteiger partial charge is 0.506 e. The minimum atomic E-state index is -1.50. The summed E-state index contributed by atoms with van der Waals surface area (Å²) >= 11 is 5.66. The summed E-state index contributed by atoms with van der Waals surface area (Å²) in [5, 5.41) is 31.7. The van der Waals surface area contributed by atoms with Crippen molar-refractivity contribution in [3.05, 3.63) is 23.0 Å². The molecule has 1 aromatic rings. The van der Waals surface area contributed by atoms with Crippen molar-refractivity contribution >= 4 is 17.7 Å². The molecule has 2 atom stereocenters. The first-order valence-corrected chi connectivity index (χ1v) is 6.66. The lowest BCUT2D eigenvalue weighted by Gasteiger charge is -2.22. The van der Waals surface area contributed by atoms with Crippen LogP contribution in [0.3, 0.4) is 0 Å². The van der Waals surface area contributed by atoms with Crippen LogP contribution in [0.15, 0.2) is 12.1 Å². The fourth-order valence-electron chi connectivity index (χ4n) is 1.46. The van der Waals surface area contributed by atoms with Crippen molar-refractivity contribution in [1.82, 2.24) is 10.3 Å². The first-order valence-electron chi connectivity index (χ1n) is 6.28. The van der Waals surface area contributed by atoms with Gasteiger partial charge < -0.3 is 25.4 Å². The van der Waals surface area contributed by atoms with E-state index >= 15 is 0 Å². The fourth-order valence-corrected chi connectivity index (χ4v) is 1.61. The Bertz CT molecular complexity index is 504. The molecule has 0 saturated heterocycles. The number of hydrogen-bond donors (Lipinski definition) is 4. The molecule has 1 rings (SSSR count). The van der Waals surface area contributed by atoms with Crippen LogP contribution < -0.4 is 5.32 Å². The van der Waals surface area contributed by atoms with Crippen molar-refractivity contribution in [2.24, 2.45) is 0 Å². The average molecular weight is 319 g/mol. The highest BCUT2D eigenvalue weighted by atomic mass is 35.5. The zero-order valence-corrected chi connectivity index (χ0v) is 12.8. The first-order chi connectivity index (χ1) is 9.60. The van der Waals surface area contributed by atoms with E-state index in [-0.39, 0.29) is 23.1 Å². The number of rotatable bonds is 4. The summed E-state index contributed by atoms with van der Waals surface area (Å²) in [5.41, 5.74) is -0.832. The van der Waals surface area contributed by atoms with Gasteiger partial charge in [0.2, 0.25) is 0 Å². The van der Waals surface area contributed by atoms with Crippen molar-refractivity contribution in [2.45, 2.75) is 38.6 Å². The predicted molar refractivity (Wildman–Crippen MR) is 76.1 cm³/mol. The molecule has 1 aromatic heterocycles. The lowest BCUT2D eigenvalue weighted by Crippen LogP contribution is -2.39. The number of halogens is 1. The van der Waals surface area contributed by atoms with Crippen LogP contribution in [0.1, 0.15) is 32.6 Å².